The molecule has 0 aliphatic heterocycles. The first-order valence-electron chi connectivity index (χ1n) is 7.70. The predicted octanol–water partition coefficient (Wildman–Crippen LogP) is 6.06. The van der Waals surface area contributed by atoms with Crippen molar-refractivity contribution >= 4 is 26.7 Å². The Morgan fingerprint density at radius 1 is 0.955 bits per heavy atom. The van der Waals surface area contributed by atoms with Crippen LogP contribution in [-0.2, 0) is 6.61 Å². The van der Waals surface area contributed by atoms with Crippen molar-refractivity contribution in [3.05, 3.63) is 76.3 Å². The van der Waals surface area contributed by atoms with Crippen molar-refractivity contribution < 1.29 is 4.74 Å². The highest BCUT2D eigenvalue weighted by molar-refractivity contribution is 9.10. The van der Waals surface area contributed by atoms with E-state index in [1.54, 1.807) is 0 Å². The molecule has 0 atom stereocenters. The molecular weight excluding hydrogens is 336 g/mol. The maximum atomic E-state index is 5.97. The maximum absolute atomic E-state index is 5.97. The molecule has 1 fully saturated rings. The number of hydrogen-bond acceptors (Lipinski definition) is 1. The first-order valence-corrected chi connectivity index (χ1v) is 8.49. The molecule has 0 bridgehead atoms. The summed E-state index contributed by atoms with van der Waals surface area (Å²) in [6.45, 7) is 0.588. The molecule has 3 aromatic carbocycles. The predicted molar refractivity (Wildman–Crippen MR) is 94.4 cm³/mol. The fourth-order valence-corrected chi connectivity index (χ4v) is 3.42. The van der Waals surface area contributed by atoms with E-state index in [1.165, 1.54) is 34.7 Å². The van der Waals surface area contributed by atoms with Gasteiger partial charge < -0.3 is 4.74 Å². The van der Waals surface area contributed by atoms with Gasteiger partial charge in [0.1, 0.15) is 12.4 Å². The molecule has 4 rings (SSSR count). The first-order chi connectivity index (χ1) is 10.8. The minimum atomic E-state index is 0.588. The van der Waals surface area contributed by atoms with Crippen LogP contribution in [0.2, 0.25) is 0 Å². The number of hydrogen-bond donors (Lipinski definition) is 0. The second kappa shape index (κ2) is 5.77. The lowest BCUT2D eigenvalue weighted by atomic mass is 10.0. The van der Waals surface area contributed by atoms with Crippen LogP contribution in [0.3, 0.4) is 0 Å². The smallest absolute Gasteiger partial charge is 0.134 e. The summed E-state index contributed by atoms with van der Waals surface area (Å²) in [6, 6.07) is 21.3. The van der Waals surface area contributed by atoms with Gasteiger partial charge >= 0.3 is 0 Å². The lowest BCUT2D eigenvalue weighted by Gasteiger charge is -2.11. The molecule has 1 aliphatic carbocycles. The van der Waals surface area contributed by atoms with E-state index in [2.05, 4.69) is 58.4 Å². The van der Waals surface area contributed by atoms with Crippen molar-refractivity contribution in [2.45, 2.75) is 25.4 Å². The minimum absolute atomic E-state index is 0.588. The highest BCUT2D eigenvalue weighted by Gasteiger charge is 2.23. The summed E-state index contributed by atoms with van der Waals surface area (Å²) in [5.74, 6) is 1.69. The Kier molecular flexibility index (Phi) is 3.63. The monoisotopic (exact) mass is 352 g/mol. The lowest BCUT2D eigenvalue weighted by molar-refractivity contribution is 0.305. The van der Waals surface area contributed by atoms with Gasteiger partial charge in [0.2, 0.25) is 0 Å². The highest BCUT2D eigenvalue weighted by atomic mass is 79.9. The van der Waals surface area contributed by atoms with Crippen LogP contribution in [0.15, 0.2) is 65.1 Å². The van der Waals surface area contributed by atoms with Crippen LogP contribution in [0.1, 0.15) is 29.9 Å². The second-order valence-electron chi connectivity index (χ2n) is 5.91. The summed E-state index contributed by atoms with van der Waals surface area (Å²) in [6.07, 6.45) is 2.68. The Hall–Kier alpha value is -1.80. The molecule has 110 valence electrons. The molecule has 22 heavy (non-hydrogen) atoms. The minimum Gasteiger partial charge on any atom is -0.488 e. The van der Waals surface area contributed by atoms with Gasteiger partial charge in [-0.15, -0.1) is 0 Å². The summed E-state index contributed by atoms with van der Waals surface area (Å²) in [5.41, 5.74) is 2.65. The van der Waals surface area contributed by atoms with Gasteiger partial charge in [0, 0.05) is 0 Å². The third-order valence-electron chi connectivity index (χ3n) is 4.23. The molecule has 1 nitrogen and oxygen atoms in total. The van der Waals surface area contributed by atoms with Gasteiger partial charge in [0.05, 0.1) is 4.47 Å². The van der Waals surface area contributed by atoms with Gasteiger partial charge in [-0.1, -0.05) is 54.6 Å². The van der Waals surface area contributed by atoms with Gasteiger partial charge in [-0.2, -0.15) is 0 Å². The number of fused-ring (bicyclic) bond motifs is 1. The highest BCUT2D eigenvalue weighted by Crippen LogP contribution is 2.42. The van der Waals surface area contributed by atoms with E-state index in [-0.39, 0.29) is 0 Å². The van der Waals surface area contributed by atoms with Gasteiger partial charge in [-0.05, 0) is 62.7 Å². The van der Waals surface area contributed by atoms with Crippen LogP contribution in [0.25, 0.3) is 10.8 Å². The molecule has 0 radical (unpaired) electrons. The summed E-state index contributed by atoms with van der Waals surface area (Å²) >= 11 is 3.71. The van der Waals surface area contributed by atoms with Crippen LogP contribution in [0, 0.1) is 0 Å². The van der Waals surface area contributed by atoms with Crippen LogP contribution in [0.4, 0.5) is 0 Å². The summed E-state index contributed by atoms with van der Waals surface area (Å²) < 4.78 is 7.02. The molecule has 0 spiro atoms. The van der Waals surface area contributed by atoms with E-state index in [0.29, 0.717) is 6.61 Å². The molecule has 0 amide bonds. The Morgan fingerprint density at radius 2 is 1.77 bits per heavy atom. The quantitative estimate of drug-likeness (QED) is 0.554. The van der Waals surface area contributed by atoms with Crippen molar-refractivity contribution in [2.24, 2.45) is 0 Å². The molecule has 0 aromatic heterocycles. The van der Waals surface area contributed by atoms with Crippen molar-refractivity contribution in [1.82, 2.24) is 0 Å². The van der Waals surface area contributed by atoms with E-state index in [1.807, 2.05) is 18.2 Å². The van der Waals surface area contributed by atoms with Crippen LogP contribution in [0.5, 0.6) is 5.75 Å². The van der Waals surface area contributed by atoms with Gasteiger partial charge in [-0.25, -0.2) is 0 Å². The topological polar surface area (TPSA) is 9.23 Å². The Morgan fingerprint density at radius 3 is 2.55 bits per heavy atom. The number of ether oxygens (including phenoxy) is 1. The molecule has 2 heteroatoms. The summed E-state index contributed by atoms with van der Waals surface area (Å²) in [5, 5.41) is 2.50. The van der Waals surface area contributed by atoms with Crippen molar-refractivity contribution in [3.63, 3.8) is 0 Å². The third-order valence-corrected chi connectivity index (χ3v) is 5.05. The number of halogens is 1. The Balaban J connectivity index is 1.61. The zero-order chi connectivity index (χ0) is 14.9. The van der Waals surface area contributed by atoms with Gasteiger partial charge in [0.15, 0.2) is 0 Å². The SMILES string of the molecule is Brc1c(OCc2ccccc2)ccc2cc(C3CC3)ccc12. The molecule has 1 saturated carbocycles. The first kappa shape index (κ1) is 13.8. The van der Waals surface area contributed by atoms with Crippen molar-refractivity contribution in [2.75, 3.05) is 0 Å². The second-order valence-corrected chi connectivity index (χ2v) is 6.70. The zero-order valence-electron chi connectivity index (χ0n) is 12.3. The Bertz CT molecular complexity index is 807. The average molecular weight is 353 g/mol. The van der Waals surface area contributed by atoms with E-state index in [4.69, 9.17) is 4.74 Å². The standard InChI is InChI=1S/C20H17BrO/c21-20-18-10-8-16(15-6-7-15)12-17(18)9-11-19(20)22-13-14-4-2-1-3-5-14/h1-5,8-12,15H,6-7,13H2. The van der Waals surface area contributed by atoms with Gasteiger partial charge in [0.25, 0.3) is 0 Å². The number of benzene rings is 3. The average Bonchev–Trinajstić information content (AvgIpc) is 3.40. The Labute approximate surface area is 139 Å². The zero-order valence-corrected chi connectivity index (χ0v) is 13.8. The van der Waals surface area contributed by atoms with Crippen molar-refractivity contribution in [3.8, 4) is 5.75 Å². The maximum Gasteiger partial charge on any atom is 0.134 e. The molecule has 0 saturated heterocycles. The molecule has 3 aromatic rings. The lowest BCUT2D eigenvalue weighted by Crippen LogP contribution is -1.96. The van der Waals surface area contributed by atoms with Crippen LogP contribution in [-0.4, -0.2) is 0 Å². The van der Waals surface area contributed by atoms with Crippen LogP contribution >= 0.6 is 15.9 Å². The van der Waals surface area contributed by atoms with E-state index < -0.39 is 0 Å². The van der Waals surface area contributed by atoms with Crippen LogP contribution < -0.4 is 4.74 Å². The fourth-order valence-electron chi connectivity index (χ4n) is 2.81. The molecule has 0 unspecified atom stereocenters. The summed E-state index contributed by atoms with van der Waals surface area (Å²) in [7, 11) is 0. The molecule has 0 heterocycles. The van der Waals surface area contributed by atoms with Crippen molar-refractivity contribution in [1.29, 1.82) is 0 Å². The molecule has 1 aliphatic rings. The largest absolute Gasteiger partial charge is 0.488 e. The normalized spacial score (nSPS) is 14.2. The van der Waals surface area contributed by atoms with E-state index in [9.17, 15) is 0 Å². The number of rotatable bonds is 4. The van der Waals surface area contributed by atoms with Gasteiger partial charge in [-0.3, -0.25) is 0 Å². The fraction of sp³-hybridized carbons (Fsp3) is 0.200. The summed E-state index contributed by atoms with van der Waals surface area (Å²) in [4.78, 5) is 0. The molecular formula is C20H17BrO. The van der Waals surface area contributed by atoms with E-state index >= 15 is 0 Å². The third kappa shape index (κ3) is 2.76. The van der Waals surface area contributed by atoms with E-state index in [0.717, 1.165) is 16.1 Å². The molecule has 0 N–H and O–H groups in total.